The van der Waals surface area contributed by atoms with Crippen molar-refractivity contribution in [2.75, 3.05) is 12.0 Å². The molecule has 0 unspecified atom stereocenters. The van der Waals surface area contributed by atoms with Gasteiger partial charge in [0, 0.05) is 6.54 Å². The number of amides is 1. The van der Waals surface area contributed by atoms with E-state index in [1.807, 2.05) is 30.3 Å². The Kier molecular flexibility index (Phi) is 6.61. The van der Waals surface area contributed by atoms with Crippen molar-refractivity contribution in [2.24, 2.45) is 11.0 Å². The first-order chi connectivity index (χ1) is 11.2. The summed E-state index contributed by atoms with van der Waals surface area (Å²) in [7, 11) is 0. The fourth-order valence-corrected chi connectivity index (χ4v) is 2.30. The minimum Gasteiger partial charge on any atom is -0.350 e. The van der Waals surface area contributed by atoms with Gasteiger partial charge in [0.1, 0.15) is 6.07 Å². The van der Waals surface area contributed by atoms with Gasteiger partial charge in [-0.2, -0.15) is 10.4 Å². The number of hydrazone groups is 1. The van der Waals surface area contributed by atoms with Gasteiger partial charge in [-0.1, -0.05) is 38.0 Å². The number of nitriles is 1. The van der Waals surface area contributed by atoms with Gasteiger partial charge in [0.25, 0.3) is 5.91 Å². The molecule has 23 heavy (non-hydrogen) atoms. The number of benzene rings is 1. The van der Waals surface area contributed by atoms with E-state index in [-0.39, 0.29) is 5.71 Å². The van der Waals surface area contributed by atoms with Crippen LogP contribution in [0.2, 0.25) is 0 Å². The molecule has 1 aromatic rings. The summed E-state index contributed by atoms with van der Waals surface area (Å²) in [6.07, 6.45) is 6.75. The van der Waals surface area contributed by atoms with Crippen molar-refractivity contribution in [3.63, 3.8) is 0 Å². The molecule has 0 aromatic heterocycles. The molecule has 0 radical (unpaired) electrons. The Morgan fingerprint density at radius 2 is 2.13 bits per heavy atom. The fourth-order valence-electron chi connectivity index (χ4n) is 2.30. The van der Waals surface area contributed by atoms with Gasteiger partial charge in [0.2, 0.25) is 5.71 Å². The number of anilines is 1. The van der Waals surface area contributed by atoms with Gasteiger partial charge in [-0.15, -0.1) is 0 Å². The van der Waals surface area contributed by atoms with Gasteiger partial charge in [-0.3, -0.25) is 10.2 Å². The molecule has 2 rings (SSSR count). The first-order valence-corrected chi connectivity index (χ1v) is 8.34. The second kappa shape index (κ2) is 8.94. The van der Waals surface area contributed by atoms with Gasteiger partial charge in [0.15, 0.2) is 0 Å². The van der Waals surface area contributed by atoms with Crippen LogP contribution in [-0.4, -0.2) is 18.2 Å². The van der Waals surface area contributed by atoms with E-state index in [4.69, 9.17) is 5.26 Å². The molecule has 1 amide bonds. The maximum Gasteiger partial charge on any atom is 0.282 e. The minimum absolute atomic E-state index is 0.131. The third kappa shape index (κ3) is 5.74. The van der Waals surface area contributed by atoms with Crippen molar-refractivity contribution in [3.05, 3.63) is 29.8 Å². The molecular weight excluding hydrogens is 288 g/mol. The molecule has 1 fully saturated rings. The third-order valence-electron chi connectivity index (χ3n) is 3.92. The summed E-state index contributed by atoms with van der Waals surface area (Å²) in [5.74, 6) is 0.168. The van der Waals surface area contributed by atoms with E-state index in [0.29, 0.717) is 12.5 Å². The second-order valence-corrected chi connectivity index (χ2v) is 5.95. The predicted molar refractivity (Wildman–Crippen MR) is 92.1 cm³/mol. The molecule has 2 N–H and O–H groups in total. The number of hydrogen-bond acceptors (Lipinski definition) is 4. The van der Waals surface area contributed by atoms with Gasteiger partial charge in [-0.05, 0) is 43.2 Å². The quantitative estimate of drug-likeness (QED) is 0.417. The molecule has 0 saturated heterocycles. The molecule has 1 saturated carbocycles. The zero-order valence-corrected chi connectivity index (χ0v) is 13.6. The van der Waals surface area contributed by atoms with E-state index in [9.17, 15) is 4.79 Å². The number of unbranched alkanes of at least 4 members (excludes halogenated alkanes) is 2. The summed E-state index contributed by atoms with van der Waals surface area (Å²) in [6, 6.07) is 9.74. The summed E-state index contributed by atoms with van der Waals surface area (Å²) in [5, 5.41) is 15.9. The maximum absolute atomic E-state index is 11.9. The van der Waals surface area contributed by atoms with Crippen LogP contribution in [0.25, 0.3) is 0 Å². The number of para-hydroxylation sites is 1. The monoisotopic (exact) mass is 312 g/mol. The number of aryl methyl sites for hydroxylation is 1. The highest BCUT2D eigenvalue weighted by atomic mass is 16.1. The second-order valence-electron chi connectivity index (χ2n) is 5.95. The summed E-state index contributed by atoms with van der Waals surface area (Å²) in [6.45, 7) is 2.81. The summed E-state index contributed by atoms with van der Waals surface area (Å²) >= 11 is 0. The maximum atomic E-state index is 11.9. The normalized spacial score (nSPS) is 14.2. The Hall–Kier alpha value is -2.35. The van der Waals surface area contributed by atoms with E-state index in [2.05, 4.69) is 22.8 Å². The molecule has 5 nitrogen and oxygen atoms in total. The van der Waals surface area contributed by atoms with Crippen LogP contribution in [0.3, 0.4) is 0 Å². The Morgan fingerprint density at radius 3 is 2.83 bits per heavy atom. The van der Waals surface area contributed by atoms with Gasteiger partial charge >= 0.3 is 0 Å². The Morgan fingerprint density at radius 1 is 1.35 bits per heavy atom. The number of nitrogens with one attached hydrogen (secondary N) is 2. The molecule has 1 aromatic carbocycles. The minimum atomic E-state index is -0.407. The topological polar surface area (TPSA) is 77.3 Å². The van der Waals surface area contributed by atoms with E-state index < -0.39 is 5.91 Å². The van der Waals surface area contributed by atoms with Crippen molar-refractivity contribution in [1.29, 1.82) is 5.26 Å². The van der Waals surface area contributed by atoms with E-state index in [1.54, 1.807) is 0 Å². The lowest BCUT2D eigenvalue weighted by Gasteiger charge is -2.09. The van der Waals surface area contributed by atoms with Crippen LogP contribution in [-0.2, 0) is 11.2 Å². The predicted octanol–water partition coefficient (Wildman–Crippen LogP) is 3.24. The zero-order chi connectivity index (χ0) is 16.5. The van der Waals surface area contributed by atoms with Crippen LogP contribution in [0, 0.1) is 17.2 Å². The van der Waals surface area contributed by atoms with Gasteiger partial charge in [0.05, 0.1) is 5.69 Å². The summed E-state index contributed by atoms with van der Waals surface area (Å²) < 4.78 is 0. The largest absolute Gasteiger partial charge is 0.350 e. The van der Waals surface area contributed by atoms with E-state index in [1.165, 1.54) is 12.8 Å². The molecular formula is C18H24N4O. The van der Waals surface area contributed by atoms with Crippen LogP contribution < -0.4 is 10.7 Å². The molecule has 0 bridgehead atoms. The molecule has 1 aliphatic rings. The van der Waals surface area contributed by atoms with Crippen LogP contribution in [0.4, 0.5) is 5.69 Å². The molecule has 122 valence electrons. The molecule has 0 spiro atoms. The number of carbonyl (C=O) groups is 1. The van der Waals surface area contributed by atoms with E-state index in [0.717, 1.165) is 36.9 Å². The average molecular weight is 312 g/mol. The SMILES string of the molecule is CCCCCc1ccccc1NN=C(C#N)C(=O)NCC1CC1. The van der Waals surface area contributed by atoms with Crippen molar-refractivity contribution < 1.29 is 4.79 Å². The first kappa shape index (κ1) is 17.0. The lowest BCUT2D eigenvalue weighted by molar-refractivity contribution is -0.114. The highest BCUT2D eigenvalue weighted by Gasteiger charge is 2.22. The van der Waals surface area contributed by atoms with Crippen LogP contribution >= 0.6 is 0 Å². The Balaban J connectivity index is 1.95. The first-order valence-electron chi connectivity index (χ1n) is 8.34. The lowest BCUT2D eigenvalue weighted by Crippen LogP contribution is -2.32. The Labute approximate surface area is 137 Å². The van der Waals surface area contributed by atoms with Crippen molar-refractivity contribution >= 4 is 17.3 Å². The summed E-state index contributed by atoms with van der Waals surface area (Å²) in [4.78, 5) is 11.9. The number of hydrogen-bond donors (Lipinski definition) is 2. The van der Waals surface area contributed by atoms with Crippen LogP contribution in [0.1, 0.15) is 44.6 Å². The number of nitrogens with zero attached hydrogens (tertiary/aromatic N) is 2. The highest BCUT2D eigenvalue weighted by molar-refractivity contribution is 6.45. The zero-order valence-electron chi connectivity index (χ0n) is 13.6. The molecule has 0 heterocycles. The van der Waals surface area contributed by atoms with Crippen molar-refractivity contribution in [2.45, 2.75) is 45.4 Å². The molecule has 1 aliphatic carbocycles. The molecule has 0 atom stereocenters. The smallest absolute Gasteiger partial charge is 0.282 e. The van der Waals surface area contributed by atoms with Gasteiger partial charge in [-0.25, -0.2) is 0 Å². The van der Waals surface area contributed by atoms with E-state index >= 15 is 0 Å². The fraction of sp³-hybridized carbons (Fsp3) is 0.500. The number of rotatable bonds is 9. The third-order valence-corrected chi connectivity index (χ3v) is 3.92. The average Bonchev–Trinajstić information content (AvgIpc) is 3.39. The van der Waals surface area contributed by atoms with Crippen molar-refractivity contribution in [1.82, 2.24) is 5.32 Å². The Bertz CT molecular complexity index is 599. The van der Waals surface area contributed by atoms with Crippen molar-refractivity contribution in [3.8, 4) is 6.07 Å². The summed E-state index contributed by atoms with van der Waals surface area (Å²) in [5.41, 5.74) is 4.76. The lowest BCUT2D eigenvalue weighted by atomic mass is 10.1. The highest BCUT2D eigenvalue weighted by Crippen LogP contribution is 2.27. The molecule has 0 aliphatic heterocycles. The van der Waals surface area contributed by atoms with Crippen LogP contribution in [0.5, 0.6) is 0 Å². The molecule has 5 heteroatoms. The standard InChI is InChI=1S/C18H24N4O/c1-2-3-4-7-15-8-5-6-9-16(15)21-22-17(12-19)18(23)20-13-14-10-11-14/h5-6,8-9,14,21H,2-4,7,10-11,13H2,1H3,(H,20,23). The van der Waals surface area contributed by atoms with Crippen LogP contribution in [0.15, 0.2) is 29.4 Å². The number of carbonyl (C=O) groups excluding carboxylic acids is 1. The van der Waals surface area contributed by atoms with Gasteiger partial charge < -0.3 is 5.32 Å².